The number of nitrogens with one attached hydrogen (secondary N) is 1. The van der Waals surface area contributed by atoms with Crippen molar-refractivity contribution >= 4 is 0 Å². The number of hydrogen-bond donors (Lipinski definition) is 2. The molecule has 21 heavy (non-hydrogen) atoms. The fourth-order valence-corrected chi connectivity index (χ4v) is 3.10. The molecule has 1 aliphatic heterocycles. The Hall–Kier alpha value is -1.10. The van der Waals surface area contributed by atoms with Crippen LogP contribution in [0.15, 0.2) is 24.3 Å². The molecule has 4 heteroatoms. The molecule has 1 fully saturated rings. The highest BCUT2D eigenvalue weighted by Gasteiger charge is 2.45. The second kappa shape index (κ2) is 5.95. The lowest BCUT2D eigenvalue weighted by atomic mass is 9.94. The maximum absolute atomic E-state index is 10.3. The molecule has 0 radical (unpaired) electrons. The molecule has 2 rings (SSSR count). The van der Waals surface area contributed by atoms with E-state index in [-0.39, 0.29) is 17.2 Å². The summed E-state index contributed by atoms with van der Waals surface area (Å²) in [6, 6.07) is 7.78. The maximum atomic E-state index is 10.3. The first-order valence-electron chi connectivity index (χ1n) is 7.49. The van der Waals surface area contributed by atoms with Gasteiger partial charge in [0.15, 0.2) is 0 Å². The van der Waals surface area contributed by atoms with Crippen LogP contribution >= 0.6 is 0 Å². The van der Waals surface area contributed by atoms with Gasteiger partial charge in [-0.25, -0.2) is 0 Å². The van der Waals surface area contributed by atoms with E-state index in [4.69, 9.17) is 9.47 Å². The van der Waals surface area contributed by atoms with E-state index in [2.05, 4.69) is 33.0 Å². The third-order valence-corrected chi connectivity index (χ3v) is 4.11. The molecule has 118 valence electrons. The summed E-state index contributed by atoms with van der Waals surface area (Å²) in [6.07, 6.45) is 0.379. The Balaban J connectivity index is 1.96. The first-order chi connectivity index (χ1) is 9.73. The molecule has 0 aliphatic carbocycles. The number of hydrogen-bond acceptors (Lipinski definition) is 4. The van der Waals surface area contributed by atoms with Crippen LogP contribution in [-0.2, 0) is 4.74 Å². The van der Waals surface area contributed by atoms with Gasteiger partial charge < -0.3 is 19.9 Å². The molecule has 1 aliphatic rings. The quantitative estimate of drug-likeness (QED) is 0.876. The number of methoxy groups -OCH3 is 1. The van der Waals surface area contributed by atoms with Gasteiger partial charge in [0.1, 0.15) is 5.75 Å². The van der Waals surface area contributed by atoms with Crippen molar-refractivity contribution in [3.05, 3.63) is 29.8 Å². The van der Waals surface area contributed by atoms with Gasteiger partial charge in [0.2, 0.25) is 0 Å². The van der Waals surface area contributed by atoms with Gasteiger partial charge >= 0.3 is 0 Å². The third kappa shape index (κ3) is 3.96. The van der Waals surface area contributed by atoms with Crippen molar-refractivity contribution in [2.24, 2.45) is 0 Å². The van der Waals surface area contributed by atoms with Gasteiger partial charge in [-0.1, -0.05) is 12.1 Å². The van der Waals surface area contributed by atoms with E-state index in [1.54, 1.807) is 7.11 Å². The lowest BCUT2D eigenvalue weighted by Gasteiger charge is -2.28. The monoisotopic (exact) mass is 293 g/mol. The van der Waals surface area contributed by atoms with E-state index in [0.29, 0.717) is 6.54 Å². The second-order valence-corrected chi connectivity index (χ2v) is 6.92. The Labute approximate surface area is 127 Å². The average molecular weight is 293 g/mol. The van der Waals surface area contributed by atoms with E-state index < -0.39 is 6.10 Å². The van der Waals surface area contributed by atoms with Gasteiger partial charge in [0, 0.05) is 12.6 Å². The zero-order valence-electron chi connectivity index (χ0n) is 13.6. The highest BCUT2D eigenvalue weighted by molar-refractivity contribution is 5.29. The first kappa shape index (κ1) is 16.3. The number of benzene rings is 1. The van der Waals surface area contributed by atoms with Crippen molar-refractivity contribution in [3.63, 3.8) is 0 Å². The SMILES string of the molecule is COc1cccc([C@H](O)CN[C@@H]2CC(C)(C)OC2(C)C)c1. The molecule has 0 unspecified atom stereocenters. The van der Waals surface area contributed by atoms with Crippen LogP contribution in [0.1, 0.15) is 45.8 Å². The van der Waals surface area contributed by atoms with E-state index in [9.17, 15) is 5.11 Å². The predicted octanol–water partition coefficient (Wildman–Crippen LogP) is 2.66. The molecule has 0 bridgehead atoms. The third-order valence-electron chi connectivity index (χ3n) is 4.11. The van der Waals surface area contributed by atoms with Crippen molar-refractivity contribution in [2.45, 2.75) is 57.5 Å². The van der Waals surface area contributed by atoms with Crippen molar-refractivity contribution in [3.8, 4) is 5.75 Å². The van der Waals surface area contributed by atoms with Crippen molar-refractivity contribution in [1.82, 2.24) is 5.32 Å². The standard InChI is InChI=1S/C17H27NO3/c1-16(2)10-15(17(3,4)21-16)18-11-14(19)12-7-6-8-13(9-12)20-5/h6-9,14-15,18-19H,10-11H2,1-5H3/t14-,15-/m1/s1. The molecule has 2 atom stereocenters. The molecular formula is C17H27NO3. The van der Waals surface area contributed by atoms with Crippen molar-refractivity contribution in [2.75, 3.05) is 13.7 Å². The lowest BCUT2D eigenvalue weighted by molar-refractivity contribution is -0.0702. The minimum absolute atomic E-state index is 0.123. The van der Waals surface area contributed by atoms with E-state index in [0.717, 1.165) is 17.7 Å². The summed E-state index contributed by atoms with van der Waals surface area (Å²) in [5.41, 5.74) is 0.512. The van der Waals surface area contributed by atoms with Gasteiger partial charge in [-0.2, -0.15) is 0 Å². The van der Waals surface area contributed by atoms with Gasteiger partial charge in [-0.05, 0) is 51.8 Å². The number of aliphatic hydroxyl groups excluding tert-OH is 1. The lowest BCUT2D eigenvalue weighted by Crippen LogP contribution is -2.44. The Morgan fingerprint density at radius 3 is 2.67 bits per heavy atom. The normalized spacial score (nSPS) is 24.8. The summed E-state index contributed by atoms with van der Waals surface area (Å²) in [5, 5.41) is 13.8. The highest BCUT2D eigenvalue weighted by Crippen LogP contribution is 2.37. The van der Waals surface area contributed by atoms with Crippen LogP contribution in [0.2, 0.25) is 0 Å². The Morgan fingerprint density at radius 1 is 1.38 bits per heavy atom. The smallest absolute Gasteiger partial charge is 0.119 e. The molecule has 1 aromatic carbocycles. The Morgan fingerprint density at radius 2 is 2.10 bits per heavy atom. The first-order valence-corrected chi connectivity index (χ1v) is 7.49. The fourth-order valence-electron chi connectivity index (χ4n) is 3.10. The van der Waals surface area contributed by atoms with Crippen LogP contribution < -0.4 is 10.1 Å². The van der Waals surface area contributed by atoms with Gasteiger partial charge in [0.25, 0.3) is 0 Å². The minimum Gasteiger partial charge on any atom is -0.497 e. The summed E-state index contributed by atoms with van der Waals surface area (Å²) in [6.45, 7) is 8.90. The summed E-state index contributed by atoms with van der Waals surface area (Å²) in [7, 11) is 1.63. The maximum Gasteiger partial charge on any atom is 0.119 e. The molecule has 0 aromatic heterocycles. The van der Waals surface area contributed by atoms with Crippen LogP contribution in [0.3, 0.4) is 0 Å². The zero-order valence-corrected chi connectivity index (χ0v) is 13.6. The van der Waals surface area contributed by atoms with Gasteiger partial charge in [-0.3, -0.25) is 0 Å². The van der Waals surface area contributed by atoms with Crippen molar-refractivity contribution in [1.29, 1.82) is 0 Å². The number of rotatable bonds is 5. The molecule has 1 saturated heterocycles. The Bertz CT molecular complexity index is 485. The van der Waals surface area contributed by atoms with Crippen LogP contribution in [0.25, 0.3) is 0 Å². The zero-order chi connectivity index (χ0) is 15.7. The minimum atomic E-state index is -0.556. The molecule has 1 aromatic rings. The summed E-state index contributed by atoms with van der Waals surface area (Å²) in [5.74, 6) is 0.761. The molecular weight excluding hydrogens is 266 g/mol. The number of ether oxygens (including phenoxy) is 2. The van der Waals surface area contributed by atoms with E-state index in [1.165, 1.54) is 0 Å². The summed E-state index contributed by atoms with van der Waals surface area (Å²) < 4.78 is 11.3. The highest BCUT2D eigenvalue weighted by atomic mass is 16.5. The summed E-state index contributed by atoms with van der Waals surface area (Å²) >= 11 is 0. The van der Waals surface area contributed by atoms with Crippen LogP contribution in [-0.4, -0.2) is 36.0 Å². The Kier molecular flexibility index (Phi) is 4.61. The van der Waals surface area contributed by atoms with Gasteiger partial charge in [0.05, 0.1) is 24.4 Å². The predicted molar refractivity (Wildman–Crippen MR) is 83.6 cm³/mol. The molecule has 0 amide bonds. The molecule has 0 spiro atoms. The summed E-state index contributed by atoms with van der Waals surface area (Å²) in [4.78, 5) is 0. The topological polar surface area (TPSA) is 50.7 Å². The number of aliphatic hydroxyl groups is 1. The molecule has 4 nitrogen and oxygen atoms in total. The van der Waals surface area contributed by atoms with E-state index >= 15 is 0 Å². The van der Waals surface area contributed by atoms with Crippen LogP contribution in [0.4, 0.5) is 0 Å². The fraction of sp³-hybridized carbons (Fsp3) is 0.647. The van der Waals surface area contributed by atoms with Crippen LogP contribution in [0, 0.1) is 0 Å². The molecule has 1 heterocycles. The van der Waals surface area contributed by atoms with E-state index in [1.807, 2.05) is 24.3 Å². The van der Waals surface area contributed by atoms with Crippen molar-refractivity contribution < 1.29 is 14.6 Å². The largest absolute Gasteiger partial charge is 0.497 e. The molecule has 0 saturated carbocycles. The second-order valence-electron chi connectivity index (χ2n) is 6.92. The van der Waals surface area contributed by atoms with Gasteiger partial charge in [-0.15, -0.1) is 0 Å². The molecule has 2 N–H and O–H groups in total. The average Bonchev–Trinajstić information content (AvgIpc) is 2.63. The van der Waals surface area contributed by atoms with Crippen LogP contribution in [0.5, 0.6) is 5.75 Å².